The number of rotatable bonds is 2. The van der Waals surface area contributed by atoms with Crippen molar-refractivity contribution in [2.24, 2.45) is 0 Å². The van der Waals surface area contributed by atoms with Crippen LogP contribution in [0, 0.1) is 16.3 Å². The van der Waals surface area contributed by atoms with Gasteiger partial charge in [0.25, 0.3) is 0 Å². The maximum absolute atomic E-state index is 13.1. The Kier molecular flexibility index (Phi) is 2.76. The Morgan fingerprint density at radius 1 is 1.29 bits per heavy atom. The first kappa shape index (κ1) is 11.5. The monoisotopic (exact) mass is 257 g/mol. The van der Waals surface area contributed by atoms with Crippen LogP contribution >= 0.6 is 12.2 Å². The van der Waals surface area contributed by atoms with Gasteiger partial charge in [-0.05, 0) is 24.4 Å². The smallest absolute Gasteiger partial charge is 0.336 e. The molecular formula is C10H5F2NO3S. The highest BCUT2D eigenvalue weighted by molar-refractivity contribution is 7.71. The van der Waals surface area contributed by atoms with Gasteiger partial charge in [0.2, 0.25) is 4.71 Å². The van der Waals surface area contributed by atoms with Crippen LogP contribution in [0.2, 0.25) is 0 Å². The fourth-order valence-electron chi connectivity index (χ4n) is 1.36. The highest BCUT2D eigenvalue weighted by Crippen LogP contribution is 2.25. The summed E-state index contributed by atoms with van der Waals surface area (Å²) in [6, 6.07) is 2.69. The van der Waals surface area contributed by atoms with Crippen molar-refractivity contribution < 1.29 is 23.2 Å². The van der Waals surface area contributed by atoms with Gasteiger partial charge in [0, 0.05) is 11.6 Å². The van der Waals surface area contributed by atoms with Crippen LogP contribution in [-0.4, -0.2) is 16.2 Å². The molecule has 0 atom stereocenters. The highest BCUT2D eigenvalue weighted by Gasteiger charge is 2.17. The quantitative estimate of drug-likeness (QED) is 0.812. The van der Waals surface area contributed by atoms with Gasteiger partial charge in [0.1, 0.15) is 0 Å². The molecule has 0 saturated carbocycles. The first-order valence-electron chi connectivity index (χ1n) is 4.40. The molecule has 0 amide bonds. The topological polar surface area (TPSA) is 66.2 Å². The largest absolute Gasteiger partial charge is 0.478 e. The maximum atomic E-state index is 13.1. The van der Waals surface area contributed by atoms with Crippen molar-refractivity contribution in [2.45, 2.75) is 0 Å². The van der Waals surface area contributed by atoms with E-state index < -0.39 is 17.6 Å². The number of carboxylic acids is 1. The highest BCUT2D eigenvalue weighted by atomic mass is 32.1. The number of aromatic amines is 1. The lowest BCUT2D eigenvalue weighted by Gasteiger charge is -2.04. The average molecular weight is 257 g/mol. The summed E-state index contributed by atoms with van der Waals surface area (Å²) in [6.45, 7) is 0. The van der Waals surface area contributed by atoms with Crippen LogP contribution < -0.4 is 0 Å². The number of carbonyl (C=O) groups is 1. The molecule has 1 aromatic carbocycles. The van der Waals surface area contributed by atoms with Crippen LogP contribution in [0.15, 0.2) is 22.7 Å². The standard InChI is InChI=1S/C10H5F2NO3S/c11-6-1-4(8-3-9(17)16-13-8)5(10(14)15)2-7(6)12/h1-3,13H,(H,14,15). The lowest BCUT2D eigenvalue weighted by molar-refractivity contribution is 0.0697. The van der Waals surface area contributed by atoms with Gasteiger partial charge in [-0.15, -0.1) is 0 Å². The number of H-pyrrole nitrogens is 1. The van der Waals surface area contributed by atoms with E-state index in [4.69, 9.17) is 9.63 Å². The summed E-state index contributed by atoms with van der Waals surface area (Å²) in [5.74, 6) is -3.75. The molecule has 0 fully saturated rings. The van der Waals surface area contributed by atoms with Gasteiger partial charge in [-0.1, -0.05) is 0 Å². The van der Waals surface area contributed by atoms with Crippen molar-refractivity contribution in [3.05, 3.63) is 40.1 Å². The number of hydrogen-bond acceptors (Lipinski definition) is 3. The second kappa shape index (κ2) is 4.10. The fourth-order valence-corrected chi connectivity index (χ4v) is 1.52. The Morgan fingerprint density at radius 2 is 1.94 bits per heavy atom. The first-order chi connectivity index (χ1) is 7.99. The van der Waals surface area contributed by atoms with Crippen LogP contribution in [0.1, 0.15) is 10.4 Å². The van der Waals surface area contributed by atoms with Crippen molar-refractivity contribution in [3.8, 4) is 11.3 Å². The summed E-state index contributed by atoms with van der Waals surface area (Å²) < 4.78 is 30.8. The minimum absolute atomic E-state index is 0.0312. The molecule has 0 spiro atoms. The second-order valence-corrected chi connectivity index (χ2v) is 3.60. The number of aromatic carboxylic acids is 1. The summed E-state index contributed by atoms with van der Waals surface area (Å²) in [6.07, 6.45) is 0. The van der Waals surface area contributed by atoms with Crippen LogP contribution in [0.4, 0.5) is 8.78 Å². The van der Waals surface area contributed by atoms with E-state index in [1.807, 2.05) is 0 Å². The number of aromatic nitrogens is 1. The third-order valence-corrected chi connectivity index (χ3v) is 2.31. The Hall–Kier alpha value is -2.02. The van der Waals surface area contributed by atoms with Crippen LogP contribution in [0.5, 0.6) is 0 Å². The summed E-state index contributed by atoms with van der Waals surface area (Å²) >= 11 is 4.69. The molecule has 1 aromatic heterocycles. The van der Waals surface area contributed by atoms with E-state index in [9.17, 15) is 13.6 Å². The SMILES string of the molecule is O=C(O)c1cc(F)c(F)cc1-c1cc(=S)o[nH]1. The van der Waals surface area contributed by atoms with Gasteiger partial charge >= 0.3 is 5.97 Å². The normalized spacial score (nSPS) is 10.5. The average Bonchev–Trinajstić information content (AvgIpc) is 2.68. The Labute approximate surface area is 98.5 Å². The third-order valence-electron chi connectivity index (χ3n) is 2.10. The molecule has 7 heteroatoms. The molecule has 2 aromatic rings. The number of benzene rings is 1. The molecule has 4 nitrogen and oxygen atoms in total. The summed E-state index contributed by atoms with van der Waals surface area (Å²) in [7, 11) is 0. The van der Waals surface area contributed by atoms with E-state index in [0.29, 0.717) is 6.07 Å². The molecule has 2 rings (SSSR count). The molecule has 0 saturated heterocycles. The van der Waals surface area contributed by atoms with E-state index in [2.05, 4.69) is 17.4 Å². The van der Waals surface area contributed by atoms with Crippen LogP contribution in [-0.2, 0) is 0 Å². The number of hydrogen-bond donors (Lipinski definition) is 2. The minimum atomic E-state index is -1.38. The molecule has 17 heavy (non-hydrogen) atoms. The van der Waals surface area contributed by atoms with E-state index in [1.54, 1.807) is 0 Å². The Bertz CT molecular complexity index is 647. The van der Waals surface area contributed by atoms with Gasteiger partial charge in [0.05, 0.1) is 11.3 Å². The van der Waals surface area contributed by atoms with E-state index in [0.717, 1.165) is 6.07 Å². The Balaban J connectivity index is 2.71. The molecule has 1 heterocycles. The van der Waals surface area contributed by atoms with Crippen LogP contribution in [0.25, 0.3) is 11.3 Å². The summed E-state index contributed by atoms with van der Waals surface area (Å²) in [4.78, 5) is 10.9. The molecule has 0 radical (unpaired) electrons. The van der Waals surface area contributed by atoms with Crippen LogP contribution in [0.3, 0.4) is 0 Å². The van der Waals surface area contributed by atoms with Crippen molar-refractivity contribution in [2.75, 3.05) is 0 Å². The molecule has 0 unspecified atom stereocenters. The summed E-state index contributed by atoms with van der Waals surface area (Å²) in [5, 5.41) is 11.2. The molecule has 2 N–H and O–H groups in total. The van der Waals surface area contributed by atoms with Gasteiger partial charge in [-0.3, -0.25) is 0 Å². The molecule has 0 bridgehead atoms. The minimum Gasteiger partial charge on any atom is -0.478 e. The lowest BCUT2D eigenvalue weighted by atomic mass is 10.0. The molecule has 0 aliphatic heterocycles. The van der Waals surface area contributed by atoms with Gasteiger partial charge in [-0.25, -0.2) is 18.7 Å². The van der Waals surface area contributed by atoms with Crippen molar-refractivity contribution in [3.63, 3.8) is 0 Å². The van der Waals surface area contributed by atoms with E-state index in [-0.39, 0.29) is 21.5 Å². The zero-order valence-corrected chi connectivity index (χ0v) is 8.98. The third kappa shape index (κ3) is 2.09. The number of halogens is 2. The van der Waals surface area contributed by atoms with Crippen molar-refractivity contribution in [1.82, 2.24) is 5.16 Å². The van der Waals surface area contributed by atoms with E-state index >= 15 is 0 Å². The summed E-state index contributed by atoms with van der Waals surface area (Å²) in [5.41, 5.74) is -0.237. The zero-order valence-electron chi connectivity index (χ0n) is 8.16. The predicted octanol–water partition coefficient (Wildman–Crippen LogP) is 2.98. The molecular weight excluding hydrogens is 252 g/mol. The van der Waals surface area contributed by atoms with Gasteiger partial charge in [0.15, 0.2) is 11.6 Å². The first-order valence-corrected chi connectivity index (χ1v) is 4.81. The van der Waals surface area contributed by atoms with E-state index in [1.165, 1.54) is 6.07 Å². The fraction of sp³-hybridized carbons (Fsp3) is 0. The lowest BCUT2D eigenvalue weighted by Crippen LogP contribution is -2.02. The molecule has 0 aliphatic rings. The van der Waals surface area contributed by atoms with Gasteiger partial charge in [-0.2, -0.15) is 0 Å². The van der Waals surface area contributed by atoms with Crippen molar-refractivity contribution >= 4 is 18.2 Å². The second-order valence-electron chi connectivity index (χ2n) is 3.20. The number of carboxylic acid groups (broad SMARTS) is 1. The molecule has 88 valence electrons. The predicted molar refractivity (Wildman–Crippen MR) is 56.2 cm³/mol. The zero-order chi connectivity index (χ0) is 12.6. The maximum Gasteiger partial charge on any atom is 0.336 e. The molecule has 0 aliphatic carbocycles. The van der Waals surface area contributed by atoms with Gasteiger partial charge < -0.3 is 9.63 Å². The van der Waals surface area contributed by atoms with Crippen molar-refractivity contribution in [1.29, 1.82) is 0 Å². The number of nitrogens with one attached hydrogen (secondary N) is 1. The Morgan fingerprint density at radius 3 is 2.47 bits per heavy atom.